The summed E-state index contributed by atoms with van der Waals surface area (Å²) in [5.41, 5.74) is 0. The molecule has 0 aliphatic carbocycles. The summed E-state index contributed by atoms with van der Waals surface area (Å²) in [6.07, 6.45) is 6.32. The third-order valence-corrected chi connectivity index (χ3v) is 3.56. The molecule has 2 heterocycles. The van der Waals surface area contributed by atoms with Crippen molar-refractivity contribution in [2.24, 2.45) is 0 Å². The largest absolute Gasteiger partial charge is 0.356 e. The molecular weight excluding hydrogens is 296 g/mol. The van der Waals surface area contributed by atoms with Crippen molar-refractivity contribution in [1.29, 1.82) is 0 Å². The van der Waals surface area contributed by atoms with E-state index in [2.05, 4.69) is 23.7 Å². The van der Waals surface area contributed by atoms with E-state index in [1.54, 1.807) is 0 Å². The van der Waals surface area contributed by atoms with Gasteiger partial charge in [-0.05, 0) is 38.5 Å². The summed E-state index contributed by atoms with van der Waals surface area (Å²) < 4.78 is 27.2. The highest BCUT2D eigenvalue weighted by atomic mass is 16.7. The highest BCUT2D eigenvalue weighted by Gasteiger charge is 2.13. The molecule has 0 aromatic carbocycles. The Morgan fingerprint density at radius 2 is 1.13 bits per heavy atom. The molecule has 0 saturated carbocycles. The first-order chi connectivity index (χ1) is 11.4. The summed E-state index contributed by atoms with van der Waals surface area (Å²) in [5, 5.41) is 0. The SMILES string of the molecule is C(#CCOC1CCCCO1)COCC#CCOC1CCCCO1. The Kier molecular flexibility index (Phi) is 9.81. The van der Waals surface area contributed by atoms with Crippen LogP contribution in [0.15, 0.2) is 0 Å². The molecule has 2 saturated heterocycles. The average molecular weight is 322 g/mol. The third kappa shape index (κ3) is 8.95. The number of hydrogen-bond donors (Lipinski definition) is 0. The van der Waals surface area contributed by atoms with Gasteiger partial charge in [-0.3, -0.25) is 0 Å². The number of hydrogen-bond acceptors (Lipinski definition) is 5. The molecule has 0 spiro atoms. The second-order valence-corrected chi connectivity index (χ2v) is 5.41. The van der Waals surface area contributed by atoms with Crippen molar-refractivity contribution in [2.75, 3.05) is 39.6 Å². The van der Waals surface area contributed by atoms with E-state index >= 15 is 0 Å². The zero-order chi connectivity index (χ0) is 16.0. The molecule has 0 N–H and O–H groups in total. The molecule has 0 aromatic heterocycles. The molecule has 128 valence electrons. The third-order valence-electron chi connectivity index (χ3n) is 3.56. The highest BCUT2D eigenvalue weighted by Crippen LogP contribution is 2.13. The molecular formula is C18H26O5. The van der Waals surface area contributed by atoms with Crippen LogP contribution in [-0.4, -0.2) is 52.2 Å². The van der Waals surface area contributed by atoms with Crippen LogP contribution in [0.5, 0.6) is 0 Å². The predicted octanol–water partition coefficient (Wildman–Crippen LogP) is 2.10. The molecule has 2 unspecified atom stereocenters. The summed E-state index contributed by atoms with van der Waals surface area (Å²) in [4.78, 5) is 0. The number of rotatable bonds is 6. The van der Waals surface area contributed by atoms with Gasteiger partial charge in [-0.25, -0.2) is 0 Å². The van der Waals surface area contributed by atoms with Crippen LogP contribution in [0, 0.1) is 23.7 Å². The van der Waals surface area contributed by atoms with Crippen LogP contribution in [0.1, 0.15) is 38.5 Å². The maximum absolute atomic E-state index is 5.49. The van der Waals surface area contributed by atoms with Crippen LogP contribution >= 0.6 is 0 Å². The van der Waals surface area contributed by atoms with Gasteiger partial charge in [-0.15, -0.1) is 0 Å². The zero-order valence-corrected chi connectivity index (χ0v) is 13.7. The molecule has 2 fully saturated rings. The molecule has 0 aromatic rings. The Labute approximate surface area is 138 Å². The molecule has 2 aliphatic rings. The smallest absolute Gasteiger partial charge is 0.158 e. The second-order valence-electron chi connectivity index (χ2n) is 5.41. The highest BCUT2D eigenvalue weighted by molar-refractivity contribution is 5.02. The second kappa shape index (κ2) is 12.4. The normalized spacial score (nSPS) is 24.2. The van der Waals surface area contributed by atoms with E-state index in [1.165, 1.54) is 0 Å². The first kappa shape index (κ1) is 18.3. The fourth-order valence-electron chi connectivity index (χ4n) is 2.31. The first-order valence-corrected chi connectivity index (χ1v) is 8.41. The topological polar surface area (TPSA) is 46.2 Å². The summed E-state index contributed by atoms with van der Waals surface area (Å²) >= 11 is 0. The van der Waals surface area contributed by atoms with Crippen LogP contribution in [-0.2, 0) is 23.7 Å². The molecule has 2 rings (SSSR count). The standard InChI is InChI=1S/C18H26O5/c1-3-13-20-17(9-1)22-15-7-5-11-19-12-6-8-16-23-18-10-2-4-14-21-18/h17-18H,1-4,9-16H2. The van der Waals surface area contributed by atoms with E-state index in [-0.39, 0.29) is 12.6 Å². The zero-order valence-electron chi connectivity index (χ0n) is 13.7. The molecule has 2 aliphatic heterocycles. The maximum atomic E-state index is 5.49. The van der Waals surface area contributed by atoms with E-state index in [1.807, 2.05) is 0 Å². The first-order valence-electron chi connectivity index (χ1n) is 8.41. The number of ether oxygens (including phenoxy) is 5. The van der Waals surface area contributed by atoms with Crippen LogP contribution in [0.3, 0.4) is 0 Å². The molecule has 0 radical (unpaired) electrons. The van der Waals surface area contributed by atoms with Gasteiger partial charge in [0.2, 0.25) is 0 Å². The van der Waals surface area contributed by atoms with Gasteiger partial charge < -0.3 is 23.7 Å². The Morgan fingerprint density at radius 3 is 1.57 bits per heavy atom. The van der Waals surface area contributed by atoms with Gasteiger partial charge >= 0.3 is 0 Å². The van der Waals surface area contributed by atoms with Crippen LogP contribution in [0.2, 0.25) is 0 Å². The molecule has 0 bridgehead atoms. The van der Waals surface area contributed by atoms with Gasteiger partial charge in [-0.2, -0.15) is 0 Å². The molecule has 23 heavy (non-hydrogen) atoms. The van der Waals surface area contributed by atoms with Crippen LogP contribution < -0.4 is 0 Å². The van der Waals surface area contributed by atoms with E-state index in [4.69, 9.17) is 23.7 Å². The van der Waals surface area contributed by atoms with E-state index in [9.17, 15) is 0 Å². The van der Waals surface area contributed by atoms with Gasteiger partial charge in [0.15, 0.2) is 12.6 Å². The van der Waals surface area contributed by atoms with Gasteiger partial charge in [0.25, 0.3) is 0 Å². The lowest BCUT2D eigenvalue weighted by Crippen LogP contribution is -2.22. The minimum atomic E-state index is -0.0852. The van der Waals surface area contributed by atoms with Gasteiger partial charge in [0, 0.05) is 13.2 Å². The minimum Gasteiger partial charge on any atom is -0.356 e. The van der Waals surface area contributed by atoms with Gasteiger partial charge in [-0.1, -0.05) is 23.7 Å². The van der Waals surface area contributed by atoms with E-state index < -0.39 is 0 Å². The summed E-state index contributed by atoms with van der Waals surface area (Å²) in [5.74, 6) is 11.6. The summed E-state index contributed by atoms with van der Waals surface area (Å²) in [7, 11) is 0. The molecule has 0 amide bonds. The lowest BCUT2D eigenvalue weighted by atomic mass is 10.2. The Hall–Kier alpha value is -1.08. The van der Waals surface area contributed by atoms with Crippen molar-refractivity contribution in [3.05, 3.63) is 0 Å². The summed E-state index contributed by atoms with van der Waals surface area (Å²) in [6, 6.07) is 0. The van der Waals surface area contributed by atoms with Crippen molar-refractivity contribution >= 4 is 0 Å². The van der Waals surface area contributed by atoms with Gasteiger partial charge in [0.1, 0.15) is 26.4 Å². The average Bonchev–Trinajstić information content (AvgIpc) is 2.61. The fourth-order valence-corrected chi connectivity index (χ4v) is 2.31. The summed E-state index contributed by atoms with van der Waals surface area (Å²) in [6.45, 7) is 3.06. The molecule has 5 heteroatoms. The lowest BCUT2D eigenvalue weighted by molar-refractivity contribution is -0.154. The quantitative estimate of drug-likeness (QED) is 0.553. The van der Waals surface area contributed by atoms with Crippen molar-refractivity contribution in [1.82, 2.24) is 0 Å². The minimum absolute atomic E-state index is 0.0852. The van der Waals surface area contributed by atoms with Crippen molar-refractivity contribution in [3.63, 3.8) is 0 Å². The van der Waals surface area contributed by atoms with Crippen LogP contribution in [0.4, 0.5) is 0 Å². The van der Waals surface area contributed by atoms with Crippen molar-refractivity contribution < 1.29 is 23.7 Å². The van der Waals surface area contributed by atoms with E-state index in [0.717, 1.165) is 51.7 Å². The predicted molar refractivity (Wildman–Crippen MR) is 85.5 cm³/mol. The lowest BCUT2D eigenvalue weighted by Gasteiger charge is -2.21. The van der Waals surface area contributed by atoms with Crippen molar-refractivity contribution in [3.8, 4) is 23.7 Å². The molecule has 5 nitrogen and oxygen atoms in total. The van der Waals surface area contributed by atoms with Gasteiger partial charge in [0.05, 0.1) is 0 Å². The van der Waals surface area contributed by atoms with Crippen LogP contribution in [0.25, 0.3) is 0 Å². The maximum Gasteiger partial charge on any atom is 0.158 e. The Bertz CT molecular complexity index is 376. The van der Waals surface area contributed by atoms with Crippen molar-refractivity contribution in [2.45, 2.75) is 51.1 Å². The Balaban J connectivity index is 1.40. The molecule has 2 atom stereocenters. The Morgan fingerprint density at radius 1 is 0.652 bits per heavy atom. The fraction of sp³-hybridized carbons (Fsp3) is 0.778. The monoisotopic (exact) mass is 322 g/mol. The van der Waals surface area contributed by atoms with E-state index in [0.29, 0.717) is 26.4 Å².